The van der Waals surface area contributed by atoms with Crippen molar-refractivity contribution < 1.29 is 9.21 Å². The highest BCUT2D eigenvalue weighted by Gasteiger charge is 2.13. The zero-order valence-electron chi connectivity index (χ0n) is 15.3. The van der Waals surface area contributed by atoms with Gasteiger partial charge in [-0.15, -0.1) is 12.4 Å². The van der Waals surface area contributed by atoms with E-state index >= 15 is 0 Å². The molecule has 1 amide bonds. The molecular weight excluding hydrogens is 350 g/mol. The van der Waals surface area contributed by atoms with Gasteiger partial charge in [0.25, 0.3) is 5.91 Å². The van der Waals surface area contributed by atoms with E-state index in [0.717, 1.165) is 56.9 Å². The Morgan fingerprint density at radius 2 is 1.88 bits per heavy atom. The molecule has 6 heteroatoms. The van der Waals surface area contributed by atoms with Gasteiger partial charge in [-0.1, -0.05) is 31.2 Å². The fourth-order valence-corrected chi connectivity index (χ4v) is 3.05. The Labute approximate surface area is 161 Å². The first-order chi connectivity index (χ1) is 12.3. The number of carbonyl (C=O) groups excluding carboxylic acids is 1. The van der Waals surface area contributed by atoms with Crippen LogP contribution in [-0.4, -0.2) is 50.1 Å². The first-order valence-electron chi connectivity index (χ1n) is 9.16. The number of carbonyl (C=O) groups is 1. The Balaban J connectivity index is 0.00000243. The summed E-state index contributed by atoms with van der Waals surface area (Å²) in [6.07, 6.45) is 1.97. The van der Waals surface area contributed by atoms with Crippen LogP contribution in [0, 0.1) is 0 Å². The van der Waals surface area contributed by atoms with E-state index in [0.29, 0.717) is 12.3 Å². The largest absolute Gasteiger partial charge is 0.451 e. The van der Waals surface area contributed by atoms with Crippen molar-refractivity contribution >= 4 is 18.3 Å². The Morgan fingerprint density at radius 3 is 2.58 bits per heavy atom. The van der Waals surface area contributed by atoms with Crippen molar-refractivity contribution in [3.8, 4) is 11.3 Å². The van der Waals surface area contributed by atoms with Crippen molar-refractivity contribution in [3.05, 3.63) is 47.7 Å². The Hall–Kier alpha value is -1.82. The molecule has 2 N–H and O–H groups in total. The molecule has 3 rings (SSSR count). The molecule has 0 aliphatic carbocycles. The van der Waals surface area contributed by atoms with Crippen LogP contribution in [0.5, 0.6) is 0 Å². The molecule has 0 saturated carbocycles. The molecule has 26 heavy (non-hydrogen) atoms. The van der Waals surface area contributed by atoms with Crippen molar-refractivity contribution in [2.24, 2.45) is 0 Å². The van der Waals surface area contributed by atoms with E-state index in [1.807, 2.05) is 18.2 Å². The van der Waals surface area contributed by atoms with Crippen LogP contribution in [-0.2, 0) is 6.42 Å². The average molecular weight is 378 g/mol. The van der Waals surface area contributed by atoms with E-state index in [-0.39, 0.29) is 18.3 Å². The van der Waals surface area contributed by atoms with Crippen LogP contribution in [0.3, 0.4) is 0 Å². The summed E-state index contributed by atoms with van der Waals surface area (Å²) in [6.45, 7) is 8.12. The lowest BCUT2D eigenvalue weighted by molar-refractivity contribution is 0.0924. The summed E-state index contributed by atoms with van der Waals surface area (Å²) in [7, 11) is 0. The minimum atomic E-state index is -0.142. The molecule has 0 unspecified atom stereocenters. The van der Waals surface area contributed by atoms with Crippen molar-refractivity contribution in [1.82, 2.24) is 15.5 Å². The van der Waals surface area contributed by atoms with E-state index in [9.17, 15) is 4.79 Å². The highest BCUT2D eigenvalue weighted by atomic mass is 35.5. The number of benzene rings is 1. The molecule has 1 fully saturated rings. The fraction of sp³-hybridized carbons (Fsp3) is 0.450. The number of nitrogens with one attached hydrogen (secondary N) is 2. The van der Waals surface area contributed by atoms with E-state index < -0.39 is 0 Å². The lowest BCUT2D eigenvalue weighted by Gasteiger charge is -2.26. The van der Waals surface area contributed by atoms with E-state index in [1.54, 1.807) is 6.07 Å². The molecule has 0 radical (unpaired) electrons. The molecule has 1 saturated heterocycles. The van der Waals surface area contributed by atoms with Crippen LogP contribution in [0.15, 0.2) is 40.8 Å². The maximum Gasteiger partial charge on any atom is 0.287 e. The molecule has 1 aromatic carbocycles. The summed E-state index contributed by atoms with van der Waals surface area (Å²) in [4.78, 5) is 14.6. The van der Waals surface area contributed by atoms with E-state index in [4.69, 9.17) is 4.42 Å². The van der Waals surface area contributed by atoms with Gasteiger partial charge in [-0.25, -0.2) is 0 Å². The molecule has 2 aromatic rings. The number of furan rings is 1. The van der Waals surface area contributed by atoms with Gasteiger partial charge in [-0.2, -0.15) is 0 Å². The third-order valence-corrected chi connectivity index (χ3v) is 4.62. The standard InChI is InChI=1S/C20H27N3O2.ClH/c1-2-16-4-6-17(7-5-16)18-8-9-19(25-18)20(24)22-10-3-13-23-14-11-21-12-15-23;/h4-9,21H,2-3,10-15H2,1H3,(H,22,24);1H. The quantitative estimate of drug-likeness (QED) is 0.728. The molecule has 0 atom stereocenters. The van der Waals surface area contributed by atoms with Crippen molar-refractivity contribution in [2.75, 3.05) is 39.3 Å². The average Bonchev–Trinajstić information content (AvgIpc) is 3.16. The summed E-state index contributed by atoms with van der Waals surface area (Å²) in [5, 5.41) is 6.29. The molecule has 142 valence electrons. The van der Waals surface area contributed by atoms with Gasteiger partial charge in [-0.05, 0) is 37.1 Å². The summed E-state index contributed by atoms with van der Waals surface area (Å²) >= 11 is 0. The molecule has 0 bridgehead atoms. The van der Waals surface area contributed by atoms with E-state index in [2.05, 4.69) is 34.6 Å². The molecular formula is C20H28ClN3O2. The van der Waals surface area contributed by atoms with Crippen LogP contribution in [0.2, 0.25) is 0 Å². The number of hydrogen-bond donors (Lipinski definition) is 2. The molecule has 1 aliphatic rings. The SMILES string of the molecule is CCc1ccc(-c2ccc(C(=O)NCCCN3CCNCC3)o2)cc1.Cl. The summed E-state index contributed by atoms with van der Waals surface area (Å²) < 4.78 is 5.72. The minimum absolute atomic E-state index is 0. The van der Waals surface area contributed by atoms with E-state index in [1.165, 1.54) is 5.56 Å². The van der Waals surface area contributed by atoms with Gasteiger partial charge in [0.1, 0.15) is 5.76 Å². The number of rotatable bonds is 7. The zero-order chi connectivity index (χ0) is 17.5. The number of aryl methyl sites for hydroxylation is 1. The predicted octanol–water partition coefficient (Wildman–Crippen LogP) is 2.96. The Bertz CT molecular complexity index is 679. The van der Waals surface area contributed by atoms with Crippen molar-refractivity contribution in [2.45, 2.75) is 19.8 Å². The smallest absolute Gasteiger partial charge is 0.287 e. The Morgan fingerprint density at radius 1 is 1.15 bits per heavy atom. The summed E-state index contributed by atoms with van der Waals surface area (Å²) in [6, 6.07) is 11.9. The van der Waals surface area contributed by atoms with Crippen molar-refractivity contribution in [3.63, 3.8) is 0 Å². The first kappa shape index (κ1) is 20.5. The third-order valence-electron chi connectivity index (χ3n) is 4.62. The number of piperazine rings is 1. The normalized spacial score (nSPS) is 14.7. The van der Waals surface area contributed by atoms with Crippen molar-refractivity contribution in [1.29, 1.82) is 0 Å². The van der Waals surface area contributed by atoms with Crippen LogP contribution in [0.1, 0.15) is 29.5 Å². The number of hydrogen-bond acceptors (Lipinski definition) is 4. The van der Waals surface area contributed by atoms with Crippen LogP contribution in [0.4, 0.5) is 0 Å². The molecule has 5 nitrogen and oxygen atoms in total. The summed E-state index contributed by atoms with van der Waals surface area (Å²) in [5.41, 5.74) is 2.28. The lowest BCUT2D eigenvalue weighted by atomic mass is 10.1. The van der Waals surface area contributed by atoms with Gasteiger partial charge in [0.2, 0.25) is 0 Å². The third kappa shape index (κ3) is 5.59. The lowest BCUT2D eigenvalue weighted by Crippen LogP contribution is -2.44. The zero-order valence-corrected chi connectivity index (χ0v) is 16.1. The monoisotopic (exact) mass is 377 g/mol. The number of halogens is 1. The highest BCUT2D eigenvalue weighted by Crippen LogP contribution is 2.22. The molecule has 1 aromatic heterocycles. The second-order valence-corrected chi connectivity index (χ2v) is 6.42. The van der Waals surface area contributed by atoms with Gasteiger partial charge in [0.05, 0.1) is 0 Å². The number of amides is 1. The second kappa shape index (κ2) is 10.4. The van der Waals surface area contributed by atoms with Crippen LogP contribution < -0.4 is 10.6 Å². The molecule has 1 aliphatic heterocycles. The van der Waals surface area contributed by atoms with Crippen LogP contribution >= 0.6 is 12.4 Å². The Kier molecular flexibility index (Phi) is 8.16. The topological polar surface area (TPSA) is 57.5 Å². The van der Waals surface area contributed by atoms with Crippen LogP contribution in [0.25, 0.3) is 11.3 Å². The van der Waals surface area contributed by atoms with Gasteiger partial charge >= 0.3 is 0 Å². The predicted molar refractivity (Wildman–Crippen MR) is 107 cm³/mol. The second-order valence-electron chi connectivity index (χ2n) is 6.42. The number of nitrogens with zero attached hydrogens (tertiary/aromatic N) is 1. The van der Waals surface area contributed by atoms with Gasteiger partial charge in [0, 0.05) is 38.3 Å². The summed E-state index contributed by atoms with van der Waals surface area (Å²) in [5.74, 6) is 0.960. The maximum atomic E-state index is 12.2. The minimum Gasteiger partial charge on any atom is -0.451 e. The van der Waals surface area contributed by atoms with Gasteiger partial charge in [-0.3, -0.25) is 4.79 Å². The van der Waals surface area contributed by atoms with Gasteiger partial charge < -0.3 is 20.0 Å². The van der Waals surface area contributed by atoms with Gasteiger partial charge in [0.15, 0.2) is 5.76 Å². The maximum absolute atomic E-state index is 12.2. The highest BCUT2D eigenvalue weighted by molar-refractivity contribution is 5.92. The molecule has 0 spiro atoms. The first-order valence-corrected chi connectivity index (χ1v) is 9.16. The fourth-order valence-electron chi connectivity index (χ4n) is 3.05. The molecule has 2 heterocycles.